The maximum atomic E-state index is 13.3. The summed E-state index contributed by atoms with van der Waals surface area (Å²) in [5.74, 6) is 1.47. The summed E-state index contributed by atoms with van der Waals surface area (Å²) in [6, 6.07) is 35.1. The standard InChI is InChI=1S/C41H37N5O5/c1-4-11-38-43-39-27(2)22-32(40-42-35-16-9-10-17-36(35)44(40)3)23-37(39)45(38)24-28-18-20-29(21-19-28)33-14-7-8-15-34(33)41(47)50-25-30-12-5-6-13-31(30)26-51-46(48)49/h5-10,12-23H,4,11,24-26H2,1-3H3. The molecule has 0 aliphatic rings. The van der Waals surface area contributed by atoms with Crippen molar-refractivity contribution in [1.82, 2.24) is 19.1 Å². The second-order valence-electron chi connectivity index (χ2n) is 12.6. The molecule has 7 rings (SSSR count). The van der Waals surface area contributed by atoms with E-state index in [2.05, 4.69) is 65.2 Å². The number of hydrogen-bond acceptors (Lipinski definition) is 7. The molecule has 0 spiro atoms. The molecule has 5 aromatic carbocycles. The molecule has 10 nitrogen and oxygen atoms in total. The minimum Gasteiger partial charge on any atom is -0.457 e. The molecule has 0 saturated heterocycles. The van der Waals surface area contributed by atoms with Gasteiger partial charge in [-0.2, -0.15) is 0 Å². The van der Waals surface area contributed by atoms with Gasteiger partial charge in [-0.15, -0.1) is 10.1 Å². The van der Waals surface area contributed by atoms with Crippen LogP contribution in [-0.4, -0.2) is 30.2 Å². The smallest absolute Gasteiger partial charge is 0.339 e. The fourth-order valence-corrected chi connectivity index (χ4v) is 6.63. The number of para-hydroxylation sites is 2. The van der Waals surface area contributed by atoms with Gasteiger partial charge in [0.15, 0.2) is 0 Å². The van der Waals surface area contributed by atoms with Crippen LogP contribution in [0.1, 0.15) is 51.8 Å². The van der Waals surface area contributed by atoms with Gasteiger partial charge in [0.1, 0.15) is 24.9 Å². The lowest BCUT2D eigenvalue weighted by atomic mass is 9.98. The van der Waals surface area contributed by atoms with Gasteiger partial charge in [0.25, 0.3) is 5.09 Å². The second-order valence-corrected chi connectivity index (χ2v) is 12.6. The van der Waals surface area contributed by atoms with E-state index in [-0.39, 0.29) is 13.2 Å². The molecule has 0 amide bonds. The molecule has 256 valence electrons. The van der Waals surface area contributed by atoms with Crippen molar-refractivity contribution >= 4 is 28.0 Å². The number of carbonyl (C=O) groups excluding carboxylic acids is 1. The van der Waals surface area contributed by atoms with Crippen LogP contribution in [0.3, 0.4) is 0 Å². The van der Waals surface area contributed by atoms with E-state index in [1.165, 1.54) is 0 Å². The Morgan fingerprint density at radius 1 is 0.824 bits per heavy atom. The fraction of sp³-hybridized carbons (Fsp3) is 0.195. The zero-order valence-corrected chi connectivity index (χ0v) is 28.7. The maximum Gasteiger partial charge on any atom is 0.339 e. The first-order chi connectivity index (χ1) is 24.8. The number of rotatable bonds is 12. The summed E-state index contributed by atoms with van der Waals surface area (Å²) in [5, 5.41) is 9.86. The number of aromatic nitrogens is 4. The van der Waals surface area contributed by atoms with Crippen molar-refractivity contribution in [3.63, 3.8) is 0 Å². The summed E-state index contributed by atoms with van der Waals surface area (Å²) in [6.45, 7) is 4.66. The SMILES string of the molecule is CCCc1nc2c(C)cc(-c3nc4ccccc4n3C)cc2n1Cc1ccc(-c2ccccc2C(=O)OCc2ccccc2CO[N+](=O)[O-])cc1. The molecule has 0 bridgehead atoms. The highest BCUT2D eigenvalue weighted by Gasteiger charge is 2.19. The quantitative estimate of drug-likeness (QED) is 0.0722. The van der Waals surface area contributed by atoms with Crippen molar-refractivity contribution in [1.29, 1.82) is 0 Å². The van der Waals surface area contributed by atoms with Gasteiger partial charge in [-0.25, -0.2) is 14.8 Å². The Hall–Kier alpha value is -6.29. The monoisotopic (exact) mass is 679 g/mol. The number of carbonyl (C=O) groups is 1. The van der Waals surface area contributed by atoms with Crippen LogP contribution in [-0.2, 0) is 42.8 Å². The van der Waals surface area contributed by atoms with E-state index in [4.69, 9.17) is 14.7 Å². The number of fused-ring (bicyclic) bond motifs is 2. The number of esters is 1. The average molecular weight is 680 g/mol. The highest BCUT2D eigenvalue weighted by atomic mass is 16.9. The number of aryl methyl sites for hydroxylation is 3. The summed E-state index contributed by atoms with van der Waals surface area (Å²) >= 11 is 0. The van der Waals surface area contributed by atoms with Gasteiger partial charge >= 0.3 is 5.97 Å². The van der Waals surface area contributed by atoms with Crippen LogP contribution in [0.5, 0.6) is 0 Å². The van der Waals surface area contributed by atoms with E-state index in [0.717, 1.165) is 74.4 Å². The van der Waals surface area contributed by atoms with Gasteiger partial charge in [-0.05, 0) is 77.1 Å². The second kappa shape index (κ2) is 14.3. The van der Waals surface area contributed by atoms with E-state index >= 15 is 0 Å². The highest BCUT2D eigenvalue weighted by molar-refractivity contribution is 5.97. The molecular formula is C41H37N5O5. The summed E-state index contributed by atoms with van der Waals surface area (Å²) < 4.78 is 10.1. The van der Waals surface area contributed by atoms with Gasteiger partial charge in [0, 0.05) is 25.6 Å². The Labute approximate surface area is 295 Å². The Balaban J connectivity index is 1.15. The Morgan fingerprint density at radius 3 is 2.27 bits per heavy atom. The lowest BCUT2D eigenvalue weighted by Crippen LogP contribution is -2.09. The summed E-state index contributed by atoms with van der Waals surface area (Å²) in [6.07, 6.45) is 1.83. The minimum absolute atomic E-state index is 0.0416. The molecule has 7 aromatic rings. The molecule has 0 aliphatic heterocycles. The molecule has 51 heavy (non-hydrogen) atoms. The van der Waals surface area contributed by atoms with Gasteiger partial charge in [-0.1, -0.05) is 85.8 Å². The number of ether oxygens (including phenoxy) is 1. The highest BCUT2D eigenvalue weighted by Crippen LogP contribution is 2.31. The molecule has 0 fully saturated rings. The Kier molecular flexibility index (Phi) is 9.30. The lowest BCUT2D eigenvalue weighted by Gasteiger charge is -2.13. The number of benzene rings is 5. The van der Waals surface area contributed by atoms with E-state index in [0.29, 0.717) is 23.2 Å². The molecule has 2 aromatic heterocycles. The van der Waals surface area contributed by atoms with Crippen molar-refractivity contribution in [3.05, 3.63) is 153 Å². The van der Waals surface area contributed by atoms with Crippen LogP contribution in [0.4, 0.5) is 0 Å². The largest absolute Gasteiger partial charge is 0.457 e. The van der Waals surface area contributed by atoms with E-state index in [9.17, 15) is 14.9 Å². The molecular weight excluding hydrogens is 642 g/mol. The number of imidazole rings is 2. The average Bonchev–Trinajstić information content (AvgIpc) is 3.67. The van der Waals surface area contributed by atoms with Crippen LogP contribution in [0.2, 0.25) is 0 Å². The molecule has 0 unspecified atom stereocenters. The van der Waals surface area contributed by atoms with Crippen molar-refractivity contribution in [2.75, 3.05) is 0 Å². The number of nitrogens with zero attached hydrogens (tertiary/aromatic N) is 5. The zero-order chi connectivity index (χ0) is 35.5. The summed E-state index contributed by atoms with van der Waals surface area (Å²) in [7, 11) is 2.06. The topological polar surface area (TPSA) is 114 Å². The summed E-state index contributed by atoms with van der Waals surface area (Å²) in [5.41, 5.74) is 10.7. The predicted molar refractivity (Wildman–Crippen MR) is 196 cm³/mol. The van der Waals surface area contributed by atoms with Crippen molar-refractivity contribution < 1.29 is 19.5 Å². The lowest BCUT2D eigenvalue weighted by molar-refractivity contribution is -0.763. The number of hydrogen-bond donors (Lipinski definition) is 0. The van der Waals surface area contributed by atoms with Gasteiger partial charge < -0.3 is 18.7 Å². The Morgan fingerprint density at radius 2 is 1.53 bits per heavy atom. The molecule has 0 aliphatic carbocycles. The van der Waals surface area contributed by atoms with Crippen LogP contribution in [0, 0.1) is 17.0 Å². The normalized spacial score (nSPS) is 11.3. The van der Waals surface area contributed by atoms with Crippen LogP contribution >= 0.6 is 0 Å². The first-order valence-corrected chi connectivity index (χ1v) is 16.9. The molecule has 0 saturated carbocycles. The molecule has 0 radical (unpaired) electrons. The van der Waals surface area contributed by atoms with Crippen molar-refractivity contribution in [2.45, 2.75) is 46.4 Å². The third-order valence-corrected chi connectivity index (χ3v) is 9.20. The van der Waals surface area contributed by atoms with Crippen LogP contribution < -0.4 is 0 Å². The maximum absolute atomic E-state index is 13.3. The van der Waals surface area contributed by atoms with E-state index in [1.54, 1.807) is 36.4 Å². The van der Waals surface area contributed by atoms with Crippen molar-refractivity contribution in [3.8, 4) is 22.5 Å². The first-order valence-electron chi connectivity index (χ1n) is 16.9. The molecule has 0 N–H and O–H groups in total. The zero-order valence-electron chi connectivity index (χ0n) is 28.7. The third-order valence-electron chi connectivity index (χ3n) is 9.20. The molecule has 0 atom stereocenters. The van der Waals surface area contributed by atoms with E-state index < -0.39 is 11.1 Å². The van der Waals surface area contributed by atoms with Gasteiger partial charge in [0.2, 0.25) is 0 Å². The summed E-state index contributed by atoms with van der Waals surface area (Å²) in [4.78, 5) is 38.6. The fourth-order valence-electron chi connectivity index (χ4n) is 6.63. The molecule has 10 heteroatoms. The van der Waals surface area contributed by atoms with Gasteiger partial charge in [0.05, 0.1) is 27.6 Å². The Bertz CT molecular complexity index is 2390. The minimum atomic E-state index is -0.839. The third kappa shape index (κ3) is 6.81. The first kappa shape index (κ1) is 33.2. The van der Waals surface area contributed by atoms with Gasteiger partial charge in [-0.3, -0.25) is 0 Å². The van der Waals surface area contributed by atoms with Crippen LogP contribution in [0.15, 0.2) is 109 Å². The van der Waals surface area contributed by atoms with E-state index in [1.807, 2.05) is 42.5 Å². The molecule has 2 heterocycles. The van der Waals surface area contributed by atoms with Crippen LogP contribution in [0.25, 0.3) is 44.6 Å². The predicted octanol–water partition coefficient (Wildman–Crippen LogP) is 8.63. The van der Waals surface area contributed by atoms with Crippen molar-refractivity contribution in [2.24, 2.45) is 7.05 Å².